The predicted molar refractivity (Wildman–Crippen MR) is 40.3 cm³/mol. The second kappa shape index (κ2) is 4.42. The minimum atomic E-state index is 0.331. The van der Waals surface area contributed by atoms with Crippen LogP contribution >= 0.6 is 0 Å². The van der Waals surface area contributed by atoms with Gasteiger partial charge in [-0.05, 0) is 13.3 Å². The van der Waals surface area contributed by atoms with Crippen molar-refractivity contribution in [2.24, 2.45) is 0 Å². The van der Waals surface area contributed by atoms with Crippen molar-refractivity contribution in [3.05, 3.63) is 12.3 Å². The van der Waals surface area contributed by atoms with E-state index in [0.717, 1.165) is 18.6 Å². The zero-order valence-electron chi connectivity index (χ0n) is 6.61. The van der Waals surface area contributed by atoms with Crippen LogP contribution in [0.4, 0.5) is 0 Å². The third-order valence-corrected chi connectivity index (χ3v) is 1.34. The van der Waals surface area contributed by atoms with Crippen LogP contribution < -0.4 is 0 Å². The van der Waals surface area contributed by atoms with Crippen molar-refractivity contribution in [3.63, 3.8) is 0 Å². The first kappa shape index (κ1) is 8.54. The van der Waals surface area contributed by atoms with Gasteiger partial charge in [0.05, 0.1) is 11.9 Å². The van der Waals surface area contributed by atoms with Crippen LogP contribution in [-0.4, -0.2) is 6.10 Å². The molecule has 0 saturated carbocycles. The summed E-state index contributed by atoms with van der Waals surface area (Å²) in [5, 5.41) is 0. The molecule has 0 aromatic rings. The van der Waals surface area contributed by atoms with Crippen LogP contribution in [0.3, 0.4) is 0 Å². The highest BCUT2D eigenvalue weighted by molar-refractivity contribution is 4.80. The molecular weight excluding hydrogens is 112 g/mol. The third-order valence-electron chi connectivity index (χ3n) is 1.34. The summed E-state index contributed by atoms with van der Waals surface area (Å²) < 4.78 is 5.35. The first-order valence-electron chi connectivity index (χ1n) is 3.55. The number of hydrogen-bond acceptors (Lipinski definition) is 1. The van der Waals surface area contributed by atoms with E-state index in [1.807, 2.05) is 6.92 Å². The van der Waals surface area contributed by atoms with E-state index in [1.54, 1.807) is 0 Å². The summed E-state index contributed by atoms with van der Waals surface area (Å²) >= 11 is 0. The van der Waals surface area contributed by atoms with Gasteiger partial charge in [0.1, 0.15) is 0 Å². The molecule has 0 N–H and O–H groups in total. The molecule has 0 fully saturated rings. The van der Waals surface area contributed by atoms with E-state index in [4.69, 9.17) is 4.74 Å². The Morgan fingerprint density at radius 3 is 2.44 bits per heavy atom. The van der Waals surface area contributed by atoms with Crippen molar-refractivity contribution in [3.8, 4) is 0 Å². The summed E-state index contributed by atoms with van der Waals surface area (Å²) in [7, 11) is 0. The van der Waals surface area contributed by atoms with E-state index in [-0.39, 0.29) is 0 Å². The Morgan fingerprint density at radius 1 is 1.56 bits per heavy atom. The van der Waals surface area contributed by atoms with Crippen molar-refractivity contribution in [2.75, 3.05) is 0 Å². The van der Waals surface area contributed by atoms with Gasteiger partial charge in [0, 0.05) is 6.42 Å². The van der Waals surface area contributed by atoms with Crippen LogP contribution in [-0.2, 0) is 4.74 Å². The van der Waals surface area contributed by atoms with E-state index in [1.165, 1.54) is 0 Å². The van der Waals surface area contributed by atoms with E-state index >= 15 is 0 Å². The smallest absolute Gasteiger partial charge is 0.0951 e. The van der Waals surface area contributed by atoms with E-state index < -0.39 is 0 Å². The van der Waals surface area contributed by atoms with Gasteiger partial charge in [0.25, 0.3) is 0 Å². The fraction of sp³-hybridized carbons (Fsp3) is 0.750. The number of ether oxygens (including phenoxy) is 1. The molecule has 1 nitrogen and oxygen atoms in total. The van der Waals surface area contributed by atoms with Gasteiger partial charge in [0.2, 0.25) is 0 Å². The third kappa shape index (κ3) is 4.07. The van der Waals surface area contributed by atoms with Crippen LogP contribution in [0.5, 0.6) is 0 Å². The molecule has 54 valence electrons. The minimum absolute atomic E-state index is 0.331. The standard InChI is InChI=1S/C8H16O/c1-5-7(3)9-8(4)6-2/h8H,3,5-6H2,1-2,4H3. The lowest BCUT2D eigenvalue weighted by molar-refractivity contribution is 0.124. The summed E-state index contributed by atoms with van der Waals surface area (Å²) in [5.41, 5.74) is 0. The van der Waals surface area contributed by atoms with Crippen molar-refractivity contribution in [1.82, 2.24) is 0 Å². The average molecular weight is 128 g/mol. The maximum Gasteiger partial charge on any atom is 0.0951 e. The lowest BCUT2D eigenvalue weighted by atomic mass is 10.3. The van der Waals surface area contributed by atoms with Gasteiger partial charge < -0.3 is 4.74 Å². The molecule has 0 radical (unpaired) electrons. The van der Waals surface area contributed by atoms with Crippen LogP contribution in [0.2, 0.25) is 0 Å². The Hall–Kier alpha value is -0.460. The Bertz CT molecular complexity index is 86.6. The Balaban J connectivity index is 3.34. The number of hydrogen-bond donors (Lipinski definition) is 0. The van der Waals surface area contributed by atoms with Crippen molar-refractivity contribution in [2.45, 2.75) is 39.7 Å². The average Bonchev–Trinajstić information content (AvgIpc) is 1.87. The molecule has 9 heavy (non-hydrogen) atoms. The summed E-state index contributed by atoms with van der Waals surface area (Å²) in [5.74, 6) is 0.893. The first-order valence-corrected chi connectivity index (χ1v) is 3.55. The van der Waals surface area contributed by atoms with Gasteiger partial charge in [-0.25, -0.2) is 0 Å². The van der Waals surface area contributed by atoms with Gasteiger partial charge >= 0.3 is 0 Å². The predicted octanol–water partition coefficient (Wildman–Crippen LogP) is 2.73. The zero-order chi connectivity index (χ0) is 7.28. The molecule has 1 heteroatoms. The molecule has 0 amide bonds. The lowest BCUT2D eigenvalue weighted by Gasteiger charge is -2.12. The fourth-order valence-corrected chi connectivity index (χ4v) is 0.451. The molecule has 0 aliphatic rings. The van der Waals surface area contributed by atoms with Crippen LogP contribution in [0.15, 0.2) is 12.3 Å². The normalized spacial score (nSPS) is 12.8. The molecule has 1 atom stereocenters. The lowest BCUT2D eigenvalue weighted by Crippen LogP contribution is -2.04. The molecule has 0 aliphatic heterocycles. The summed E-state index contributed by atoms with van der Waals surface area (Å²) in [6.45, 7) is 9.95. The Labute approximate surface area is 57.7 Å². The highest BCUT2D eigenvalue weighted by atomic mass is 16.5. The van der Waals surface area contributed by atoms with E-state index in [2.05, 4.69) is 20.4 Å². The maximum atomic E-state index is 5.35. The monoisotopic (exact) mass is 128 g/mol. The van der Waals surface area contributed by atoms with E-state index in [0.29, 0.717) is 6.10 Å². The van der Waals surface area contributed by atoms with Gasteiger partial charge in [-0.15, -0.1) is 0 Å². The molecule has 0 saturated heterocycles. The molecule has 1 unspecified atom stereocenters. The molecule has 0 rings (SSSR count). The van der Waals surface area contributed by atoms with Crippen molar-refractivity contribution < 1.29 is 4.74 Å². The van der Waals surface area contributed by atoms with Crippen LogP contribution in [0, 0.1) is 0 Å². The van der Waals surface area contributed by atoms with Gasteiger partial charge in [-0.3, -0.25) is 0 Å². The fourth-order valence-electron chi connectivity index (χ4n) is 0.451. The highest BCUT2D eigenvalue weighted by Crippen LogP contribution is 2.05. The summed E-state index contributed by atoms with van der Waals surface area (Å²) in [6, 6.07) is 0. The van der Waals surface area contributed by atoms with Crippen LogP contribution in [0.1, 0.15) is 33.6 Å². The summed E-state index contributed by atoms with van der Waals surface area (Å²) in [6.07, 6.45) is 2.31. The van der Waals surface area contributed by atoms with Gasteiger partial charge in [-0.2, -0.15) is 0 Å². The zero-order valence-corrected chi connectivity index (χ0v) is 6.61. The number of allylic oxidation sites excluding steroid dienone is 1. The van der Waals surface area contributed by atoms with Crippen LogP contribution in [0.25, 0.3) is 0 Å². The molecule has 0 spiro atoms. The second-order valence-corrected chi connectivity index (χ2v) is 2.23. The van der Waals surface area contributed by atoms with Gasteiger partial charge in [-0.1, -0.05) is 20.4 Å². The first-order chi connectivity index (χ1) is 4.20. The minimum Gasteiger partial charge on any atom is -0.496 e. The molecule has 0 heterocycles. The number of rotatable bonds is 4. The summed E-state index contributed by atoms with van der Waals surface area (Å²) in [4.78, 5) is 0. The van der Waals surface area contributed by atoms with Crippen molar-refractivity contribution >= 4 is 0 Å². The van der Waals surface area contributed by atoms with E-state index in [9.17, 15) is 0 Å². The molecule has 0 aromatic carbocycles. The molecular formula is C8H16O. The topological polar surface area (TPSA) is 9.23 Å². The molecule has 0 bridgehead atoms. The Morgan fingerprint density at radius 2 is 2.11 bits per heavy atom. The van der Waals surface area contributed by atoms with Gasteiger partial charge in [0.15, 0.2) is 0 Å². The SMILES string of the molecule is C=C(CC)OC(C)CC. The highest BCUT2D eigenvalue weighted by Gasteiger charge is 1.97. The molecule has 0 aliphatic carbocycles. The molecule has 0 aromatic heterocycles. The quantitative estimate of drug-likeness (QED) is 0.529. The largest absolute Gasteiger partial charge is 0.496 e. The second-order valence-electron chi connectivity index (χ2n) is 2.23. The maximum absolute atomic E-state index is 5.35. The van der Waals surface area contributed by atoms with Crippen molar-refractivity contribution in [1.29, 1.82) is 0 Å². The Kier molecular flexibility index (Phi) is 4.20.